The van der Waals surface area contributed by atoms with E-state index in [0.29, 0.717) is 31.0 Å². The second-order valence-corrected chi connectivity index (χ2v) is 7.54. The molecule has 3 rings (SSSR count). The lowest BCUT2D eigenvalue weighted by Crippen LogP contribution is -2.44. The Labute approximate surface area is 166 Å². The van der Waals surface area contributed by atoms with Gasteiger partial charge in [-0.15, -0.1) is 12.4 Å². The predicted molar refractivity (Wildman–Crippen MR) is 107 cm³/mol. The van der Waals surface area contributed by atoms with E-state index in [-0.39, 0.29) is 30.1 Å². The smallest absolute Gasteiger partial charge is 0.249 e. The van der Waals surface area contributed by atoms with Gasteiger partial charge in [0.2, 0.25) is 11.8 Å². The fourth-order valence-electron chi connectivity index (χ4n) is 4.06. The van der Waals surface area contributed by atoms with Gasteiger partial charge in [0.25, 0.3) is 0 Å². The van der Waals surface area contributed by atoms with Crippen molar-refractivity contribution in [1.29, 1.82) is 0 Å². The molecule has 150 valence electrons. The number of hydrogen-bond acceptors (Lipinski definition) is 3. The number of benzene rings is 1. The maximum atomic E-state index is 14.0. The van der Waals surface area contributed by atoms with E-state index in [4.69, 9.17) is 0 Å². The van der Waals surface area contributed by atoms with Gasteiger partial charge in [-0.25, -0.2) is 4.39 Å². The maximum Gasteiger partial charge on any atom is 0.249 e. The molecule has 1 aromatic rings. The number of likely N-dealkylation sites (N-methyl/N-ethyl adjacent to an activating group) is 1. The molecule has 2 aliphatic rings. The number of rotatable bonds is 5. The Hall–Kier alpha value is -1.66. The molecule has 2 saturated heterocycles. The van der Waals surface area contributed by atoms with Crippen LogP contribution in [0.25, 0.3) is 0 Å². The molecule has 0 aliphatic carbocycles. The van der Waals surface area contributed by atoms with Gasteiger partial charge in [0.05, 0.1) is 5.69 Å². The maximum absolute atomic E-state index is 14.0. The van der Waals surface area contributed by atoms with Crippen LogP contribution in [0.1, 0.15) is 32.6 Å². The molecule has 0 spiro atoms. The van der Waals surface area contributed by atoms with Gasteiger partial charge in [-0.3, -0.25) is 9.59 Å². The number of carbonyl (C=O) groups excluding carboxylic acids is 2. The van der Waals surface area contributed by atoms with Crippen molar-refractivity contribution in [3.63, 3.8) is 0 Å². The third kappa shape index (κ3) is 4.79. The Bertz CT molecular complexity index is 666. The van der Waals surface area contributed by atoms with E-state index in [1.54, 1.807) is 30.1 Å². The normalized spacial score (nSPS) is 23.7. The molecule has 0 saturated carbocycles. The SMILES string of the molecule is CC(CC(=O)N(C)C1CCN(c2ccccc2F)C1=O)C1CCCNC1.Cl. The number of hydrogen-bond donors (Lipinski definition) is 1. The highest BCUT2D eigenvalue weighted by Gasteiger charge is 2.38. The van der Waals surface area contributed by atoms with Crippen molar-refractivity contribution < 1.29 is 14.0 Å². The Kier molecular flexibility index (Phi) is 7.62. The number of para-hydroxylation sites is 1. The van der Waals surface area contributed by atoms with E-state index in [0.717, 1.165) is 25.9 Å². The highest BCUT2D eigenvalue weighted by molar-refractivity contribution is 6.01. The van der Waals surface area contributed by atoms with Crippen molar-refractivity contribution in [3.8, 4) is 0 Å². The minimum Gasteiger partial charge on any atom is -0.334 e. The van der Waals surface area contributed by atoms with Crippen LogP contribution in [0.2, 0.25) is 0 Å². The fraction of sp³-hybridized carbons (Fsp3) is 0.600. The Balaban J connectivity index is 0.00000261. The zero-order chi connectivity index (χ0) is 18.7. The van der Waals surface area contributed by atoms with Gasteiger partial charge in [-0.1, -0.05) is 19.1 Å². The van der Waals surface area contributed by atoms with Crippen LogP contribution >= 0.6 is 12.4 Å². The van der Waals surface area contributed by atoms with E-state index in [1.165, 1.54) is 11.0 Å². The van der Waals surface area contributed by atoms with Gasteiger partial charge < -0.3 is 15.1 Å². The van der Waals surface area contributed by atoms with Crippen molar-refractivity contribution in [2.45, 2.75) is 38.6 Å². The van der Waals surface area contributed by atoms with E-state index in [2.05, 4.69) is 12.2 Å². The zero-order valence-corrected chi connectivity index (χ0v) is 16.8. The molecule has 2 aliphatic heterocycles. The molecule has 5 nitrogen and oxygen atoms in total. The molecule has 3 atom stereocenters. The number of carbonyl (C=O) groups is 2. The molecule has 1 aromatic carbocycles. The first kappa shape index (κ1) is 21.6. The summed E-state index contributed by atoms with van der Waals surface area (Å²) in [6, 6.07) is 5.78. The molecule has 0 aromatic heterocycles. The van der Waals surface area contributed by atoms with Crippen molar-refractivity contribution in [1.82, 2.24) is 10.2 Å². The Morgan fingerprint density at radius 1 is 1.37 bits per heavy atom. The van der Waals surface area contributed by atoms with Crippen LogP contribution in [-0.4, -0.2) is 49.4 Å². The van der Waals surface area contributed by atoms with Crippen LogP contribution in [-0.2, 0) is 9.59 Å². The number of nitrogens with one attached hydrogen (secondary N) is 1. The summed E-state index contributed by atoms with van der Waals surface area (Å²) in [6.07, 6.45) is 3.29. The minimum absolute atomic E-state index is 0. The van der Waals surface area contributed by atoms with Crippen molar-refractivity contribution in [3.05, 3.63) is 30.1 Å². The summed E-state index contributed by atoms with van der Waals surface area (Å²) in [5.41, 5.74) is 0.294. The third-order valence-electron chi connectivity index (χ3n) is 5.82. The number of piperidine rings is 1. The number of anilines is 1. The van der Waals surface area contributed by atoms with Crippen LogP contribution in [0.15, 0.2) is 24.3 Å². The van der Waals surface area contributed by atoms with Gasteiger partial charge in [0.1, 0.15) is 11.9 Å². The van der Waals surface area contributed by atoms with Gasteiger partial charge in [-0.05, 0) is 56.3 Å². The lowest BCUT2D eigenvalue weighted by molar-refractivity contribution is -0.137. The van der Waals surface area contributed by atoms with Crippen LogP contribution in [0.3, 0.4) is 0 Å². The topological polar surface area (TPSA) is 52.7 Å². The Morgan fingerprint density at radius 2 is 2.11 bits per heavy atom. The molecule has 0 radical (unpaired) electrons. The lowest BCUT2D eigenvalue weighted by Gasteiger charge is -2.30. The monoisotopic (exact) mass is 397 g/mol. The van der Waals surface area contributed by atoms with E-state index in [1.807, 2.05) is 0 Å². The largest absolute Gasteiger partial charge is 0.334 e. The minimum atomic E-state index is -0.501. The summed E-state index contributed by atoms with van der Waals surface area (Å²) in [7, 11) is 1.70. The van der Waals surface area contributed by atoms with E-state index >= 15 is 0 Å². The summed E-state index contributed by atoms with van der Waals surface area (Å²) in [4.78, 5) is 28.5. The van der Waals surface area contributed by atoms with Crippen molar-refractivity contribution in [2.75, 3.05) is 31.6 Å². The predicted octanol–water partition coefficient (Wildman–Crippen LogP) is 2.84. The second-order valence-electron chi connectivity index (χ2n) is 7.54. The second kappa shape index (κ2) is 9.51. The first-order chi connectivity index (χ1) is 12.5. The van der Waals surface area contributed by atoms with Gasteiger partial charge in [0, 0.05) is 20.0 Å². The number of halogens is 2. The van der Waals surface area contributed by atoms with Crippen LogP contribution in [0.5, 0.6) is 0 Å². The molecule has 7 heteroatoms. The van der Waals surface area contributed by atoms with Crippen LogP contribution < -0.4 is 10.2 Å². The highest BCUT2D eigenvalue weighted by Crippen LogP contribution is 2.28. The van der Waals surface area contributed by atoms with Crippen LogP contribution in [0, 0.1) is 17.7 Å². The number of nitrogens with zero attached hydrogens (tertiary/aromatic N) is 2. The quantitative estimate of drug-likeness (QED) is 0.831. The average molecular weight is 398 g/mol. The number of amides is 2. The van der Waals surface area contributed by atoms with Crippen molar-refractivity contribution in [2.24, 2.45) is 11.8 Å². The summed E-state index contributed by atoms with van der Waals surface area (Å²) in [5.74, 6) is 0.191. The van der Waals surface area contributed by atoms with Crippen molar-refractivity contribution >= 4 is 29.9 Å². The molecular formula is C20H29ClFN3O2. The van der Waals surface area contributed by atoms with E-state index < -0.39 is 11.9 Å². The van der Waals surface area contributed by atoms with Gasteiger partial charge in [0.15, 0.2) is 0 Å². The van der Waals surface area contributed by atoms with Crippen LogP contribution in [0.4, 0.5) is 10.1 Å². The highest BCUT2D eigenvalue weighted by atomic mass is 35.5. The molecule has 3 unspecified atom stereocenters. The molecule has 0 bridgehead atoms. The summed E-state index contributed by atoms with van der Waals surface area (Å²) in [5, 5.41) is 3.39. The standard InChI is InChI=1S/C20H28FN3O2.ClH/c1-14(15-6-5-10-22-13-15)12-19(25)23(2)18-9-11-24(20(18)26)17-8-4-3-7-16(17)21;/h3-4,7-8,14-15,18,22H,5-6,9-13H2,1-2H3;1H. The fourth-order valence-corrected chi connectivity index (χ4v) is 4.06. The summed E-state index contributed by atoms with van der Waals surface area (Å²) >= 11 is 0. The summed E-state index contributed by atoms with van der Waals surface area (Å²) < 4.78 is 14.0. The average Bonchev–Trinajstić information content (AvgIpc) is 3.03. The first-order valence-corrected chi connectivity index (χ1v) is 9.51. The van der Waals surface area contributed by atoms with Gasteiger partial charge >= 0.3 is 0 Å². The molecule has 1 N–H and O–H groups in total. The van der Waals surface area contributed by atoms with E-state index in [9.17, 15) is 14.0 Å². The third-order valence-corrected chi connectivity index (χ3v) is 5.82. The molecule has 2 fully saturated rings. The molecule has 2 amide bonds. The molecule has 27 heavy (non-hydrogen) atoms. The molecular weight excluding hydrogens is 369 g/mol. The summed E-state index contributed by atoms with van der Waals surface area (Å²) in [6.45, 7) is 4.57. The first-order valence-electron chi connectivity index (χ1n) is 9.51. The zero-order valence-electron chi connectivity index (χ0n) is 16.0. The molecule has 2 heterocycles. The lowest BCUT2D eigenvalue weighted by atomic mass is 9.85. The van der Waals surface area contributed by atoms with Gasteiger partial charge in [-0.2, -0.15) is 0 Å². The Morgan fingerprint density at radius 3 is 2.78 bits per heavy atom.